The number of hydrogen-bond acceptors (Lipinski definition) is 4. The van der Waals surface area contributed by atoms with Crippen LogP contribution in [0.3, 0.4) is 0 Å². The van der Waals surface area contributed by atoms with Crippen molar-refractivity contribution in [2.75, 3.05) is 0 Å². The summed E-state index contributed by atoms with van der Waals surface area (Å²) in [5.41, 5.74) is 14.6. The molecule has 6 heterocycles. The van der Waals surface area contributed by atoms with Crippen molar-refractivity contribution in [2.45, 2.75) is 0 Å². The fourth-order valence-electron chi connectivity index (χ4n) is 9.76. The molecule has 0 aliphatic rings. The van der Waals surface area contributed by atoms with E-state index >= 15 is 0 Å². The Morgan fingerprint density at radius 3 is 1.86 bits per heavy atom. The molecule has 0 spiro atoms. The van der Waals surface area contributed by atoms with Gasteiger partial charge in [-0.25, -0.2) is 9.97 Å². The van der Waals surface area contributed by atoms with Gasteiger partial charge in [0.15, 0.2) is 5.58 Å². The molecule has 6 heteroatoms. The molecule has 14 aromatic rings. The van der Waals surface area contributed by atoms with Gasteiger partial charge in [0, 0.05) is 52.7 Å². The van der Waals surface area contributed by atoms with Gasteiger partial charge in [0.25, 0.3) is 0 Å². The second-order valence-corrected chi connectivity index (χ2v) is 16.4. The van der Waals surface area contributed by atoms with Crippen molar-refractivity contribution in [1.82, 2.24) is 18.9 Å². The maximum atomic E-state index is 6.61. The molecule has 0 saturated carbocycles. The highest BCUT2D eigenvalue weighted by Crippen LogP contribution is 2.50. The molecule has 0 atom stereocenters. The van der Waals surface area contributed by atoms with E-state index in [1.54, 1.807) is 0 Å². The highest BCUT2D eigenvalue weighted by atomic mass is 32.1. The van der Waals surface area contributed by atoms with Crippen molar-refractivity contribution < 1.29 is 4.42 Å². The number of nitrogens with zero attached hydrogens (tertiary/aromatic N) is 4. The van der Waals surface area contributed by atoms with E-state index in [9.17, 15) is 0 Å². The second kappa shape index (κ2) is 11.1. The van der Waals surface area contributed by atoms with Gasteiger partial charge in [-0.3, -0.25) is 4.57 Å². The number of benzene rings is 8. The topological polar surface area (TPSA) is 48.3 Å². The standard InChI is InChI=1S/C52H28N4OS/c1-2-9-29(10-3-1)30-17-19-31(20-18-30)32-21-23-33(24-22-32)48-51-49(36-12-5-7-15-41(36)57-51)54-52(53-48)56-39-27-28-43-47-44-38(14-8-16-42(44)58-43)55-37-13-6-4-11-34(37)35-25-26-40(56)46(45(39)47)50(35)55/h1-28H. The van der Waals surface area contributed by atoms with Crippen LogP contribution in [0.25, 0.3) is 131 Å². The normalized spacial score (nSPS) is 12.5. The maximum Gasteiger partial charge on any atom is 0.236 e. The lowest BCUT2D eigenvalue weighted by Crippen LogP contribution is -2.03. The Morgan fingerprint density at radius 1 is 0.414 bits per heavy atom. The van der Waals surface area contributed by atoms with Gasteiger partial charge in [0.05, 0.1) is 27.6 Å². The smallest absolute Gasteiger partial charge is 0.236 e. The minimum atomic E-state index is 0.622. The lowest BCUT2D eigenvalue weighted by Gasteiger charge is -2.11. The first-order valence-corrected chi connectivity index (χ1v) is 20.4. The summed E-state index contributed by atoms with van der Waals surface area (Å²) in [5, 5.41) is 8.57. The van der Waals surface area contributed by atoms with E-state index in [-0.39, 0.29) is 0 Å². The predicted molar refractivity (Wildman–Crippen MR) is 241 cm³/mol. The van der Waals surface area contributed by atoms with Crippen LogP contribution < -0.4 is 0 Å². The minimum Gasteiger partial charge on any atom is -0.452 e. The molecule has 5 nitrogen and oxygen atoms in total. The number of para-hydroxylation sites is 2. The average Bonchev–Trinajstić information content (AvgIpc) is 4.02. The first kappa shape index (κ1) is 30.7. The third-order valence-corrected chi connectivity index (χ3v) is 13.4. The zero-order valence-electron chi connectivity index (χ0n) is 30.8. The van der Waals surface area contributed by atoms with Crippen LogP contribution in [0.15, 0.2) is 174 Å². The van der Waals surface area contributed by atoms with E-state index in [0.717, 1.165) is 49.9 Å². The van der Waals surface area contributed by atoms with Crippen molar-refractivity contribution in [1.29, 1.82) is 0 Å². The molecule has 6 aromatic heterocycles. The van der Waals surface area contributed by atoms with Crippen LogP contribution >= 0.6 is 11.3 Å². The molecular weight excluding hydrogens is 729 g/mol. The Morgan fingerprint density at radius 2 is 1.05 bits per heavy atom. The van der Waals surface area contributed by atoms with Gasteiger partial charge in [0.2, 0.25) is 5.95 Å². The summed E-state index contributed by atoms with van der Waals surface area (Å²) in [4.78, 5) is 10.9. The van der Waals surface area contributed by atoms with Crippen molar-refractivity contribution in [3.8, 4) is 39.5 Å². The largest absolute Gasteiger partial charge is 0.452 e. The molecule has 0 unspecified atom stereocenters. The summed E-state index contributed by atoms with van der Waals surface area (Å²) in [6, 6.07) is 60.8. The molecule has 8 aromatic carbocycles. The van der Waals surface area contributed by atoms with Crippen LogP contribution in [0.1, 0.15) is 0 Å². The molecule has 0 radical (unpaired) electrons. The summed E-state index contributed by atoms with van der Waals surface area (Å²) in [6.07, 6.45) is 0. The Kier molecular flexibility index (Phi) is 5.85. The first-order valence-electron chi connectivity index (χ1n) is 19.6. The molecule has 14 rings (SSSR count). The molecule has 0 saturated heterocycles. The van der Waals surface area contributed by atoms with E-state index in [4.69, 9.17) is 14.4 Å². The van der Waals surface area contributed by atoms with Gasteiger partial charge >= 0.3 is 0 Å². The Balaban J connectivity index is 1.04. The number of rotatable bonds is 4. The fourth-order valence-corrected chi connectivity index (χ4v) is 10.9. The van der Waals surface area contributed by atoms with Crippen LogP contribution in [0.4, 0.5) is 0 Å². The quantitative estimate of drug-likeness (QED) is 0.180. The van der Waals surface area contributed by atoms with E-state index < -0.39 is 0 Å². The van der Waals surface area contributed by atoms with Gasteiger partial charge in [-0.05, 0) is 70.8 Å². The molecule has 0 aliphatic heterocycles. The highest BCUT2D eigenvalue weighted by molar-refractivity contribution is 7.26. The Bertz CT molecular complexity index is 3940. The van der Waals surface area contributed by atoms with Crippen LogP contribution in [-0.4, -0.2) is 18.9 Å². The van der Waals surface area contributed by atoms with Gasteiger partial charge < -0.3 is 8.82 Å². The Labute approximate surface area is 333 Å². The summed E-state index contributed by atoms with van der Waals surface area (Å²) in [7, 11) is 0. The number of fused-ring (bicyclic) bond motifs is 7. The highest BCUT2D eigenvalue weighted by Gasteiger charge is 2.27. The van der Waals surface area contributed by atoms with E-state index in [1.165, 1.54) is 69.4 Å². The molecule has 0 amide bonds. The number of aromatic nitrogens is 4. The molecule has 0 bridgehead atoms. The van der Waals surface area contributed by atoms with Gasteiger partial charge in [0.1, 0.15) is 16.8 Å². The van der Waals surface area contributed by atoms with Crippen molar-refractivity contribution in [3.63, 3.8) is 0 Å². The first-order chi connectivity index (χ1) is 28.8. The van der Waals surface area contributed by atoms with E-state index in [2.05, 4.69) is 167 Å². The zero-order valence-corrected chi connectivity index (χ0v) is 31.6. The van der Waals surface area contributed by atoms with Crippen LogP contribution in [0.2, 0.25) is 0 Å². The maximum absolute atomic E-state index is 6.61. The van der Waals surface area contributed by atoms with Crippen molar-refractivity contribution >= 4 is 103 Å². The van der Waals surface area contributed by atoms with Gasteiger partial charge in [-0.15, -0.1) is 11.3 Å². The summed E-state index contributed by atoms with van der Waals surface area (Å²) in [5.74, 6) is 0.622. The molecule has 268 valence electrons. The monoisotopic (exact) mass is 756 g/mol. The molecule has 0 N–H and O–H groups in total. The minimum absolute atomic E-state index is 0.622. The van der Waals surface area contributed by atoms with Gasteiger partial charge in [-0.1, -0.05) is 121 Å². The second-order valence-electron chi connectivity index (χ2n) is 15.3. The SMILES string of the molecule is c1ccc(-c2ccc(-c3ccc(-c4nc(-n5c6ccc7sc8cccc9c8c7c6c6c5ccc5c7ccccc7n9c56)nc5c4oc4ccccc45)cc3)cc2)cc1. The van der Waals surface area contributed by atoms with E-state index in [0.29, 0.717) is 11.5 Å². The van der Waals surface area contributed by atoms with E-state index in [1.807, 2.05) is 23.5 Å². The van der Waals surface area contributed by atoms with Crippen LogP contribution in [-0.2, 0) is 0 Å². The lowest BCUT2D eigenvalue weighted by atomic mass is 9.99. The summed E-state index contributed by atoms with van der Waals surface area (Å²) < 4.78 is 14.0. The number of furan rings is 1. The van der Waals surface area contributed by atoms with Crippen molar-refractivity contribution in [3.05, 3.63) is 170 Å². The summed E-state index contributed by atoms with van der Waals surface area (Å²) in [6.45, 7) is 0. The third-order valence-electron chi connectivity index (χ3n) is 12.3. The summed E-state index contributed by atoms with van der Waals surface area (Å²) >= 11 is 1.87. The zero-order chi connectivity index (χ0) is 37.6. The molecule has 0 fully saturated rings. The van der Waals surface area contributed by atoms with Gasteiger partial charge in [-0.2, -0.15) is 0 Å². The lowest BCUT2D eigenvalue weighted by molar-refractivity contribution is 0.666. The number of hydrogen-bond donors (Lipinski definition) is 0. The van der Waals surface area contributed by atoms with Crippen molar-refractivity contribution in [2.24, 2.45) is 0 Å². The molecule has 58 heavy (non-hydrogen) atoms. The fraction of sp³-hybridized carbons (Fsp3) is 0. The number of thiophene rings is 1. The third kappa shape index (κ3) is 3.94. The predicted octanol–water partition coefficient (Wildman–Crippen LogP) is 14.3. The average molecular weight is 757 g/mol. The Hall–Kier alpha value is -7.54. The van der Waals surface area contributed by atoms with Crippen LogP contribution in [0, 0.1) is 0 Å². The molecular formula is C52H28N4OS. The van der Waals surface area contributed by atoms with Crippen LogP contribution in [0.5, 0.6) is 0 Å². The molecule has 0 aliphatic carbocycles.